The number of rotatable bonds is 13. The van der Waals surface area contributed by atoms with Gasteiger partial charge in [0.05, 0.1) is 49.3 Å². The number of carbonyl (C=O) groups is 2. The van der Waals surface area contributed by atoms with Crippen molar-refractivity contribution >= 4 is 35.0 Å². The van der Waals surface area contributed by atoms with E-state index in [1.165, 1.54) is 23.0 Å². The molecule has 2 heterocycles. The minimum absolute atomic E-state index is 0.153. The van der Waals surface area contributed by atoms with Gasteiger partial charge < -0.3 is 28.6 Å². The number of hydrogen-bond donors (Lipinski definition) is 0. The number of allylic oxidation sites excluding steroid dienone is 1. The third-order valence-corrected chi connectivity index (χ3v) is 8.29. The van der Waals surface area contributed by atoms with E-state index < -0.39 is 18.0 Å². The van der Waals surface area contributed by atoms with Crippen LogP contribution >= 0.6 is 11.3 Å². The van der Waals surface area contributed by atoms with Crippen molar-refractivity contribution < 1.29 is 33.3 Å². The maximum atomic E-state index is 14.1. The lowest BCUT2D eigenvalue weighted by Gasteiger charge is -2.25. The molecule has 1 atom stereocenters. The van der Waals surface area contributed by atoms with Crippen LogP contribution in [-0.4, -0.2) is 63.6 Å². The molecule has 0 amide bonds. The van der Waals surface area contributed by atoms with Crippen LogP contribution in [0.1, 0.15) is 51.8 Å². The predicted molar refractivity (Wildman–Crippen MR) is 172 cm³/mol. The average molecular weight is 638 g/mol. The summed E-state index contributed by atoms with van der Waals surface area (Å²) in [4.78, 5) is 46.5. The van der Waals surface area contributed by atoms with Gasteiger partial charge in [0.1, 0.15) is 5.75 Å². The lowest BCUT2D eigenvalue weighted by Crippen LogP contribution is -2.40. The van der Waals surface area contributed by atoms with Crippen LogP contribution in [0.2, 0.25) is 0 Å². The summed E-state index contributed by atoms with van der Waals surface area (Å²) in [5, 5.41) is 0. The normalized spacial score (nSPS) is 14.4. The highest BCUT2D eigenvalue weighted by Crippen LogP contribution is 2.36. The zero-order valence-electron chi connectivity index (χ0n) is 26.7. The minimum atomic E-state index is -0.858. The summed E-state index contributed by atoms with van der Waals surface area (Å²) >= 11 is 1.22. The first kappa shape index (κ1) is 33.3. The quantitative estimate of drug-likeness (QED) is 0.259. The van der Waals surface area contributed by atoms with E-state index in [0.29, 0.717) is 44.4 Å². The van der Waals surface area contributed by atoms with Crippen LogP contribution in [0.4, 0.5) is 5.69 Å². The molecule has 3 aromatic rings. The number of methoxy groups -OCH3 is 2. The largest absolute Gasteiger partial charge is 0.496 e. The van der Waals surface area contributed by atoms with E-state index in [1.807, 2.05) is 25.1 Å². The predicted octanol–water partition coefficient (Wildman–Crippen LogP) is 3.60. The molecule has 0 fully saturated rings. The maximum absolute atomic E-state index is 14.1. The van der Waals surface area contributed by atoms with Gasteiger partial charge in [0, 0.05) is 30.4 Å². The van der Waals surface area contributed by atoms with E-state index in [2.05, 4.69) is 28.5 Å². The molecule has 0 saturated heterocycles. The van der Waals surface area contributed by atoms with E-state index in [4.69, 9.17) is 18.9 Å². The Balaban J connectivity index is 1.89. The zero-order valence-corrected chi connectivity index (χ0v) is 27.5. The second-order valence-electron chi connectivity index (χ2n) is 9.90. The van der Waals surface area contributed by atoms with Crippen LogP contribution in [0, 0.1) is 0 Å². The van der Waals surface area contributed by atoms with Crippen LogP contribution in [-0.2, 0) is 19.1 Å². The number of thiazole rings is 1. The molecule has 0 unspecified atom stereocenters. The number of hydrogen-bond acceptors (Lipinski definition) is 11. The van der Waals surface area contributed by atoms with Gasteiger partial charge in [0.15, 0.2) is 22.9 Å². The van der Waals surface area contributed by atoms with Crippen LogP contribution in [0.3, 0.4) is 0 Å². The van der Waals surface area contributed by atoms with Crippen molar-refractivity contribution in [2.45, 2.75) is 40.7 Å². The van der Waals surface area contributed by atoms with Gasteiger partial charge in [-0.25, -0.2) is 14.6 Å². The molecule has 0 spiro atoms. The molecule has 1 aliphatic heterocycles. The van der Waals surface area contributed by atoms with E-state index in [-0.39, 0.29) is 24.3 Å². The molecule has 11 nitrogen and oxygen atoms in total. The fourth-order valence-corrected chi connectivity index (χ4v) is 6.17. The third-order valence-electron chi connectivity index (χ3n) is 7.31. The smallest absolute Gasteiger partial charge is 0.343 e. The van der Waals surface area contributed by atoms with Crippen molar-refractivity contribution in [3.05, 3.63) is 78.5 Å². The first-order valence-corrected chi connectivity index (χ1v) is 15.6. The first-order valence-electron chi connectivity index (χ1n) is 14.8. The molecule has 240 valence electrons. The number of carbonyl (C=O) groups excluding carboxylic acids is 2. The summed E-state index contributed by atoms with van der Waals surface area (Å²) in [5.74, 6) is 0.176. The average Bonchev–Trinajstić information content (AvgIpc) is 3.34. The number of benzene rings is 2. The highest BCUT2D eigenvalue weighted by atomic mass is 32.1. The van der Waals surface area contributed by atoms with E-state index in [0.717, 1.165) is 24.3 Å². The van der Waals surface area contributed by atoms with Crippen molar-refractivity contribution in [2.75, 3.05) is 52.0 Å². The Morgan fingerprint density at radius 2 is 1.73 bits per heavy atom. The topological polar surface area (TPSA) is 118 Å². The van der Waals surface area contributed by atoms with Gasteiger partial charge in [-0.05, 0) is 70.5 Å². The number of nitrogens with zero attached hydrogens (tertiary/aromatic N) is 3. The van der Waals surface area contributed by atoms with Gasteiger partial charge in [0.25, 0.3) is 5.56 Å². The highest BCUT2D eigenvalue weighted by Gasteiger charge is 2.34. The Morgan fingerprint density at radius 3 is 2.38 bits per heavy atom. The zero-order chi connectivity index (χ0) is 32.7. The standard InChI is InChI=1S/C33H39N3O8S/c1-8-35(9-2)23-14-12-21(25(18-23)40-6)17-27-31(38)36-30(29(32(39)43-11-4)20(5)34-33(36)45-27)22-13-15-24(26(16-22)42-10-3)44-19-28(37)41-7/h12-18,30H,8-11,19H2,1-7H3/b27-17-/t30-/m1/s1. The number of fused-ring (bicyclic) bond motifs is 1. The van der Waals surface area contributed by atoms with Gasteiger partial charge in [-0.15, -0.1) is 0 Å². The summed E-state index contributed by atoms with van der Waals surface area (Å²) in [5.41, 5.74) is 2.70. The molecule has 0 aliphatic carbocycles. The molecule has 0 radical (unpaired) electrons. The molecular weight excluding hydrogens is 598 g/mol. The second-order valence-corrected chi connectivity index (χ2v) is 10.9. The molecule has 4 rings (SSSR count). The second kappa shape index (κ2) is 14.9. The molecule has 2 aromatic carbocycles. The van der Waals surface area contributed by atoms with E-state index in [9.17, 15) is 14.4 Å². The van der Waals surface area contributed by atoms with Gasteiger partial charge in [-0.3, -0.25) is 9.36 Å². The SMILES string of the molecule is CCOC(=O)C1=C(C)N=c2s/c(=C\c3ccc(N(CC)CC)cc3OC)c(=O)n2[C@@H]1c1ccc(OCC(=O)OC)c(OCC)c1. The lowest BCUT2D eigenvalue weighted by atomic mass is 9.95. The maximum Gasteiger partial charge on any atom is 0.343 e. The number of aromatic nitrogens is 1. The molecular formula is C33H39N3O8S. The molecule has 0 bridgehead atoms. The van der Waals surface area contributed by atoms with Crippen molar-refractivity contribution in [1.82, 2.24) is 4.57 Å². The molecule has 1 aliphatic rings. The number of ether oxygens (including phenoxy) is 5. The van der Waals surface area contributed by atoms with Crippen molar-refractivity contribution in [1.29, 1.82) is 0 Å². The van der Waals surface area contributed by atoms with Crippen LogP contribution in [0.15, 0.2) is 57.5 Å². The number of anilines is 1. The van der Waals surface area contributed by atoms with E-state index >= 15 is 0 Å². The fraction of sp³-hybridized carbons (Fsp3) is 0.394. The summed E-state index contributed by atoms with van der Waals surface area (Å²) in [7, 11) is 2.88. The fourth-order valence-electron chi connectivity index (χ4n) is 5.13. The van der Waals surface area contributed by atoms with Crippen LogP contribution in [0.25, 0.3) is 6.08 Å². The summed E-state index contributed by atoms with van der Waals surface area (Å²) in [6.07, 6.45) is 1.78. The first-order chi connectivity index (χ1) is 21.7. The van der Waals surface area contributed by atoms with E-state index in [1.54, 1.807) is 45.2 Å². The summed E-state index contributed by atoms with van der Waals surface area (Å²) in [6.45, 7) is 11.3. The van der Waals surface area contributed by atoms with Crippen molar-refractivity contribution in [3.8, 4) is 17.2 Å². The molecule has 12 heteroatoms. The van der Waals surface area contributed by atoms with Crippen LogP contribution in [0.5, 0.6) is 17.2 Å². The Kier molecular flexibility index (Phi) is 11.1. The Morgan fingerprint density at radius 1 is 0.978 bits per heavy atom. The lowest BCUT2D eigenvalue weighted by molar-refractivity contribution is -0.143. The van der Waals surface area contributed by atoms with Gasteiger partial charge in [-0.2, -0.15) is 0 Å². The minimum Gasteiger partial charge on any atom is -0.496 e. The number of esters is 2. The summed E-state index contributed by atoms with van der Waals surface area (Å²) < 4.78 is 29.2. The molecule has 45 heavy (non-hydrogen) atoms. The Bertz CT molecular complexity index is 1770. The van der Waals surface area contributed by atoms with Crippen molar-refractivity contribution in [3.63, 3.8) is 0 Å². The monoisotopic (exact) mass is 637 g/mol. The Labute approximate surface area is 266 Å². The van der Waals surface area contributed by atoms with Crippen molar-refractivity contribution in [2.24, 2.45) is 4.99 Å². The van der Waals surface area contributed by atoms with Gasteiger partial charge >= 0.3 is 11.9 Å². The molecule has 0 N–H and O–H groups in total. The van der Waals surface area contributed by atoms with Gasteiger partial charge in [0.2, 0.25) is 0 Å². The Hall–Kier alpha value is -4.58. The van der Waals surface area contributed by atoms with Gasteiger partial charge in [-0.1, -0.05) is 17.4 Å². The highest BCUT2D eigenvalue weighted by molar-refractivity contribution is 7.07. The third kappa shape index (κ3) is 7.06. The molecule has 0 saturated carbocycles. The summed E-state index contributed by atoms with van der Waals surface area (Å²) in [6, 6.07) is 10.1. The van der Waals surface area contributed by atoms with Crippen LogP contribution < -0.4 is 34.0 Å². The molecule has 1 aromatic heterocycles.